The minimum absolute atomic E-state index is 0.239. The van der Waals surface area contributed by atoms with Crippen molar-refractivity contribution in [2.45, 2.75) is 19.9 Å². The lowest BCUT2D eigenvalue weighted by Gasteiger charge is -2.08. The molecule has 1 atom stereocenters. The molecule has 0 saturated carbocycles. The maximum Gasteiger partial charge on any atom is 0.282 e. The van der Waals surface area contributed by atoms with E-state index in [1.165, 1.54) is 21.9 Å². The van der Waals surface area contributed by atoms with E-state index in [1.54, 1.807) is 6.92 Å². The number of hydrazone groups is 1. The van der Waals surface area contributed by atoms with Crippen LogP contribution in [0.4, 0.5) is 10.8 Å². The molecule has 6 nitrogen and oxygen atoms in total. The lowest BCUT2D eigenvalue weighted by atomic mass is 10.1. The second kappa shape index (κ2) is 7.20. The maximum absolute atomic E-state index is 12.8. The Morgan fingerprint density at radius 3 is 2.52 bits per heavy atom. The molecule has 1 aliphatic rings. The summed E-state index contributed by atoms with van der Waals surface area (Å²) in [6, 6.07) is 16.7. The van der Waals surface area contributed by atoms with Gasteiger partial charge in [-0.1, -0.05) is 48.0 Å². The highest BCUT2D eigenvalue weighted by atomic mass is 32.1. The van der Waals surface area contributed by atoms with Crippen molar-refractivity contribution in [2.75, 3.05) is 5.01 Å². The smallest absolute Gasteiger partial charge is 0.269 e. The molecule has 27 heavy (non-hydrogen) atoms. The van der Waals surface area contributed by atoms with Crippen LogP contribution < -0.4 is 5.01 Å². The molecule has 1 aliphatic heterocycles. The highest BCUT2D eigenvalue weighted by Gasteiger charge is 2.36. The number of carbonyl (C=O) groups excluding carboxylic acids is 1. The first-order chi connectivity index (χ1) is 13.1. The molecule has 1 unspecified atom stereocenters. The van der Waals surface area contributed by atoms with Gasteiger partial charge in [0, 0.05) is 10.9 Å². The van der Waals surface area contributed by atoms with Crippen molar-refractivity contribution in [3.63, 3.8) is 0 Å². The molecule has 2 heterocycles. The number of hydrogen-bond donors (Lipinski definition) is 0. The zero-order chi connectivity index (χ0) is 18.8. The summed E-state index contributed by atoms with van der Waals surface area (Å²) < 4.78 is 0. The number of aromatic nitrogens is 1. The number of amides is 1. The molecule has 0 aliphatic carbocycles. The van der Waals surface area contributed by atoms with Crippen molar-refractivity contribution >= 4 is 33.8 Å². The average Bonchev–Trinajstić information content (AvgIpc) is 3.27. The molecule has 1 aromatic heterocycles. The van der Waals surface area contributed by atoms with E-state index < -0.39 is 6.04 Å². The molecule has 0 bridgehead atoms. The van der Waals surface area contributed by atoms with E-state index in [0.29, 0.717) is 16.5 Å². The van der Waals surface area contributed by atoms with Gasteiger partial charge in [0.1, 0.15) is 0 Å². The van der Waals surface area contributed by atoms with Crippen LogP contribution in [-0.4, -0.2) is 22.6 Å². The molecular formula is C20H17N5OS. The van der Waals surface area contributed by atoms with E-state index >= 15 is 0 Å². The predicted octanol–water partition coefficient (Wildman–Crippen LogP) is 4.99. The van der Waals surface area contributed by atoms with Gasteiger partial charge >= 0.3 is 0 Å². The largest absolute Gasteiger partial charge is 0.282 e. The summed E-state index contributed by atoms with van der Waals surface area (Å²) in [4.78, 5) is 17.3. The van der Waals surface area contributed by atoms with Gasteiger partial charge in [-0.15, -0.1) is 11.3 Å². The van der Waals surface area contributed by atoms with E-state index in [1.807, 2.05) is 66.9 Å². The van der Waals surface area contributed by atoms with Gasteiger partial charge in [0.05, 0.1) is 17.1 Å². The minimum atomic E-state index is -0.711. The van der Waals surface area contributed by atoms with Crippen molar-refractivity contribution in [3.05, 3.63) is 65.5 Å². The number of anilines is 1. The number of thiazole rings is 1. The fourth-order valence-corrected chi connectivity index (χ4v) is 3.45. The van der Waals surface area contributed by atoms with Crippen LogP contribution in [0.5, 0.6) is 0 Å². The fourth-order valence-electron chi connectivity index (χ4n) is 2.66. The van der Waals surface area contributed by atoms with Crippen LogP contribution in [0.3, 0.4) is 0 Å². The van der Waals surface area contributed by atoms with E-state index in [-0.39, 0.29) is 5.91 Å². The standard InChI is InChI=1S/C20H17N5OS/c1-13-8-10-15(11-9-13)17-12-27-20(21-17)25-19(26)18(14(2)24-25)23-22-16-6-4-3-5-7-16/h3-12,18H,1-2H3. The molecule has 7 heteroatoms. The Morgan fingerprint density at radius 1 is 1.04 bits per heavy atom. The molecule has 0 spiro atoms. The Kier molecular flexibility index (Phi) is 4.60. The fraction of sp³-hybridized carbons (Fsp3) is 0.150. The molecule has 0 radical (unpaired) electrons. The number of carbonyl (C=O) groups is 1. The number of aryl methyl sites for hydroxylation is 1. The molecule has 134 valence electrons. The van der Waals surface area contributed by atoms with E-state index in [4.69, 9.17) is 0 Å². The summed E-state index contributed by atoms with van der Waals surface area (Å²) >= 11 is 1.38. The van der Waals surface area contributed by atoms with Crippen LogP contribution in [0.1, 0.15) is 12.5 Å². The van der Waals surface area contributed by atoms with Crippen molar-refractivity contribution in [3.8, 4) is 11.3 Å². The first kappa shape index (κ1) is 17.2. The summed E-state index contributed by atoms with van der Waals surface area (Å²) in [5.74, 6) is -0.239. The molecule has 0 fully saturated rings. The van der Waals surface area contributed by atoms with Gasteiger partial charge in [-0.2, -0.15) is 20.3 Å². The third-order valence-corrected chi connectivity index (χ3v) is 4.98. The van der Waals surface area contributed by atoms with Crippen molar-refractivity contribution in [1.82, 2.24) is 4.98 Å². The first-order valence-electron chi connectivity index (χ1n) is 8.49. The van der Waals surface area contributed by atoms with Gasteiger partial charge in [0.2, 0.25) is 5.13 Å². The Morgan fingerprint density at radius 2 is 1.78 bits per heavy atom. The number of hydrogen-bond acceptors (Lipinski definition) is 6. The van der Waals surface area contributed by atoms with Crippen molar-refractivity contribution in [1.29, 1.82) is 0 Å². The lowest BCUT2D eigenvalue weighted by molar-refractivity contribution is -0.117. The van der Waals surface area contributed by atoms with Crippen LogP contribution in [0, 0.1) is 6.92 Å². The van der Waals surface area contributed by atoms with Crippen LogP contribution in [0.25, 0.3) is 11.3 Å². The summed E-state index contributed by atoms with van der Waals surface area (Å²) in [6.45, 7) is 3.82. The average molecular weight is 375 g/mol. The van der Waals surface area contributed by atoms with Crippen LogP contribution in [0.2, 0.25) is 0 Å². The molecule has 0 N–H and O–H groups in total. The zero-order valence-corrected chi connectivity index (χ0v) is 15.7. The maximum atomic E-state index is 12.8. The number of azo groups is 1. The second-order valence-corrected chi connectivity index (χ2v) is 7.06. The SMILES string of the molecule is CC1=NN(c2nc(-c3ccc(C)cc3)cs2)C(=O)C1N=Nc1ccccc1. The van der Waals surface area contributed by atoms with Gasteiger partial charge < -0.3 is 0 Å². The lowest BCUT2D eigenvalue weighted by Crippen LogP contribution is -2.29. The van der Waals surface area contributed by atoms with Crippen LogP contribution in [-0.2, 0) is 4.79 Å². The summed E-state index contributed by atoms with van der Waals surface area (Å²) in [7, 11) is 0. The Hall–Kier alpha value is -3.19. The van der Waals surface area contributed by atoms with Crippen LogP contribution in [0.15, 0.2) is 75.3 Å². The summed E-state index contributed by atoms with van der Waals surface area (Å²) in [6.07, 6.45) is 0. The number of rotatable bonds is 4. The third-order valence-electron chi connectivity index (χ3n) is 4.16. The summed E-state index contributed by atoms with van der Waals surface area (Å²) in [5.41, 5.74) is 4.33. The topological polar surface area (TPSA) is 70.3 Å². The normalized spacial score (nSPS) is 17.0. The highest BCUT2D eigenvalue weighted by molar-refractivity contribution is 7.14. The monoisotopic (exact) mass is 375 g/mol. The van der Waals surface area contributed by atoms with Gasteiger partial charge in [-0.3, -0.25) is 4.79 Å². The van der Waals surface area contributed by atoms with Gasteiger partial charge in [-0.05, 0) is 26.0 Å². The molecule has 1 amide bonds. The van der Waals surface area contributed by atoms with E-state index in [2.05, 4.69) is 20.3 Å². The molecule has 3 aromatic rings. The molecular weight excluding hydrogens is 358 g/mol. The van der Waals surface area contributed by atoms with E-state index in [0.717, 1.165) is 11.3 Å². The van der Waals surface area contributed by atoms with Gasteiger partial charge in [0.15, 0.2) is 6.04 Å². The zero-order valence-electron chi connectivity index (χ0n) is 14.9. The molecule has 2 aromatic carbocycles. The number of benzene rings is 2. The molecule has 4 rings (SSSR count). The highest BCUT2D eigenvalue weighted by Crippen LogP contribution is 2.30. The third kappa shape index (κ3) is 3.54. The number of nitrogens with zero attached hydrogens (tertiary/aromatic N) is 5. The van der Waals surface area contributed by atoms with Crippen molar-refractivity contribution in [2.24, 2.45) is 15.3 Å². The van der Waals surface area contributed by atoms with Gasteiger partial charge in [-0.25, -0.2) is 4.98 Å². The first-order valence-corrected chi connectivity index (χ1v) is 9.37. The Balaban J connectivity index is 1.55. The van der Waals surface area contributed by atoms with E-state index in [9.17, 15) is 4.79 Å². The van der Waals surface area contributed by atoms with Crippen LogP contribution >= 0.6 is 11.3 Å². The second-order valence-electron chi connectivity index (χ2n) is 6.23. The predicted molar refractivity (Wildman–Crippen MR) is 108 cm³/mol. The molecule has 0 saturated heterocycles. The quantitative estimate of drug-likeness (QED) is 0.603. The van der Waals surface area contributed by atoms with Crippen molar-refractivity contribution < 1.29 is 4.79 Å². The summed E-state index contributed by atoms with van der Waals surface area (Å²) in [5, 5.41) is 16.5. The Labute approximate surface area is 160 Å². The Bertz CT molecular complexity index is 1020. The minimum Gasteiger partial charge on any atom is -0.269 e. The van der Waals surface area contributed by atoms with Gasteiger partial charge in [0.25, 0.3) is 5.91 Å².